The molecule has 0 unspecified atom stereocenters. The number of hydrogen-bond acceptors (Lipinski definition) is 6. The predicted molar refractivity (Wildman–Crippen MR) is 92.0 cm³/mol. The molecule has 0 aliphatic carbocycles. The number of oxazole rings is 1. The minimum atomic E-state index is -0.531. The molecule has 0 spiro atoms. The molecule has 25 heavy (non-hydrogen) atoms. The van der Waals surface area contributed by atoms with E-state index in [4.69, 9.17) is 4.42 Å². The highest BCUT2D eigenvalue weighted by molar-refractivity contribution is 5.94. The molecule has 0 saturated heterocycles. The van der Waals surface area contributed by atoms with Crippen molar-refractivity contribution in [2.75, 3.05) is 12.4 Å². The van der Waals surface area contributed by atoms with Crippen LogP contribution in [0.3, 0.4) is 0 Å². The molecule has 0 radical (unpaired) electrons. The second-order valence-electron chi connectivity index (χ2n) is 5.77. The highest BCUT2D eigenvalue weighted by Crippen LogP contribution is 2.26. The van der Waals surface area contributed by atoms with Gasteiger partial charge in [0.15, 0.2) is 5.58 Å². The van der Waals surface area contributed by atoms with Crippen LogP contribution in [0.4, 0.5) is 5.69 Å². The standard InChI is InChI=1S/C18H17N3O4/c1-10(2)16(22)20-12-4-5-15-13(9-12)21-17(25-15)11-6-7-19-14(8-11)18(23)24-3/h4-10H,1-3H3,(H,20,22). The van der Waals surface area contributed by atoms with E-state index in [1.807, 2.05) is 13.8 Å². The van der Waals surface area contributed by atoms with Crippen LogP contribution < -0.4 is 5.32 Å². The zero-order chi connectivity index (χ0) is 18.0. The summed E-state index contributed by atoms with van der Waals surface area (Å²) >= 11 is 0. The van der Waals surface area contributed by atoms with Crippen LogP contribution in [0.5, 0.6) is 0 Å². The van der Waals surface area contributed by atoms with Gasteiger partial charge in [-0.2, -0.15) is 0 Å². The molecule has 0 atom stereocenters. The number of methoxy groups -OCH3 is 1. The average Bonchev–Trinajstić information content (AvgIpc) is 3.04. The molecule has 0 saturated carbocycles. The quantitative estimate of drug-likeness (QED) is 0.733. The Hall–Kier alpha value is -3.22. The lowest BCUT2D eigenvalue weighted by molar-refractivity contribution is -0.118. The van der Waals surface area contributed by atoms with Gasteiger partial charge in [-0.25, -0.2) is 14.8 Å². The fraction of sp³-hybridized carbons (Fsp3) is 0.222. The van der Waals surface area contributed by atoms with Crippen LogP contribution in [0.15, 0.2) is 40.9 Å². The first-order valence-corrected chi connectivity index (χ1v) is 7.74. The van der Waals surface area contributed by atoms with E-state index in [0.717, 1.165) is 0 Å². The van der Waals surface area contributed by atoms with E-state index in [1.165, 1.54) is 13.3 Å². The van der Waals surface area contributed by atoms with Gasteiger partial charge in [0.05, 0.1) is 7.11 Å². The number of nitrogens with zero attached hydrogens (tertiary/aromatic N) is 2. The fourth-order valence-electron chi connectivity index (χ4n) is 2.20. The van der Waals surface area contributed by atoms with Crippen LogP contribution in [0, 0.1) is 5.92 Å². The van der Waals surface area contributed by atoms with Gasteiger partial charge in [-0.1, -0.05) is 13.8 Å². The lowest BCUT2D eigenvalue weighted by Gasteiger charge is -2.06. The molecule has 1 aromatic carbocycles. The number of pyridine rings is 1. The van der Waals surface area contributed by atoms with E-state index in [2.05, 4.69) is 20.0 Å². The summed E-state index contributed by atoms with van der Waals surface area (Å²) < 4.78 is 10.4. The number of benzene rings is 1. The smallest absolute Gasteiger partial charge is 0.356 e. The van der Waals surface area contributed by atoms with Crippen molar-refractivity contribution in [1.82, 2.24) is 9.97 Å². The van der Waals surface area contributed by atoms with Gasteiger partial charge in [-0.15, -0.1) is 0 Å². The number of ether oxygens (including phenoxy) is 1. The molecule has 2 heterocycles. The predicted octanol–water partition coefficient (Wildman–Crippen LogP) is 3.27. The van der Waals surface area contributed by atoms with Crippen molar-refractivity contribution in [3.8, 4) is 11.5 Å². The number of aromatic nitrogens is 2. The third-order valence-electron chi connectivity index (χ3n) is 3.58. The summed E-state index contributed by atoms with van der Waals surface area (Å²) in [4.78, 5) is 31.8. The van der Waals surface area contributed by atoms with E-state index >= 15 is 0 Å². The zero-order valence-corrected chi connectivity index (χ0v) is 14.1. The fourth-order valence-corrected chi connectivity index (χ4v) is 2.20. The molecular formula is C18H17N3O4. The minimum absolute atomic E-state index is 0.0695. The second kappa shape index (κ2) is 6.72. The number of hydrogen-bond donors (Lipinski definition) is 1. The van der Waals surface area contributed by atoms with Gasteiger partial charge in [0.25, 0.3) is 0 Å². The normalized spacial score (nSPS) is 10.9. The maximum absolute atomic E-state index is 11.8. The number of amides is 1. The maximum atomic E-state index is 11.8. The zero-order valence-electron chi connectivity index (χ0n) is 14.1. The first-order valence-electron chi connectivity index (χ1n) is 7.74. The summed E-state index contributed by atoms with van der Waals surface area (Å²) in [7, 11) is 1.29. The molecule has 0 aliphatic rings. The number of fused-ring (bicyclic) bond motifs is 1. The molecule has 1 amide bonds. The minimum Gasteiger partial charge on any atom is -0.464 e. The highest BCUT2D eigenvalue weighted by Gasteiger charge is 2.14. The van der Waals surface area contributed by atoms with Crippen molar-refractivity contribution in [3.63, 3.8) is 0 Å². The number of esters is 1. The number of rotatable bonds is 4. The van der Waals surface area contributed by atoms with E-state index in [9.17, 15) is 9.59 Å². The Kier molecular flexibility index (Phi) is 4.47. The number of carbonyl (C=O) groups is 2. The summed E-state index contributed by atoms with van der Waals surface area (Å²) in [5.41, 5.74) is 2.62. The lowest BCUT2D eigenvalue weighted by Crippen LogP contribution is -2.17. The molecule has 2 aromatic heterocycles. The lowest BCUT2D eigenvalue weighted by atomic mass is 10.2. The van der Waals surface area contributed by atoms with Gasteiger partial charge in [-0.3, -0.25) is 4.79 Å². The molecule has 0 fully saturated rings. The van der Waals surface area contributed by atoms with Crippen molar-refractivity contribution in [1.29, 1.82) is 0 Å². The SMILES string of the molecule is COC(=O)c1cc(-c2nc3cc(NC(=O)C(C)C)ccc3o2)ccn1. The topological polar surface area (TPSA) is 94.3 Å². The van der Waals surface area contributed by atoms with E-state index in [0.29, 0.717) is 28.2 Å². The third-order valence-corrected chi connectivity index (χ3v) is 3.58. The van der Waals surface area contributed by atoms with Gasteiger partial charge in [0.2, 0.25) is 11.8 Å². The van der Waals surface area contributed by atoms with Crippen LogP contribution in [-0.2, 0) is 9.53 Å². The first kappa shape index (κ1) is 16.6. The third kappa shape index (κ3) is 3.50. The van der Waals surface area contributed by atoms with Crippen molar-refractivity contribution in [3.05, 3.63) is 42.2 Å². The molecule has 3 aromatic rings. The molecule has 7 nitrogen and oxygen atoms in total. The molecule has 3 rings (SSSR count). The maximum Gasteiger partial charge on any atom is 0.356 e. The summed E-state index contributed by atoms with van der Waals surface area (Å²) in [6, 6.07) is 8.48. The monoisotopic (exact) mass is 339 g/mol. The largest absolute Gasteiger partial charge is 0.464 e. The summed E-state index contributed by atoms with van der Waals surface area (Å²) in [6.07, 6.45) is 1.49. The summed E-state index contributed by atoms with van der Waals surface area (Å²) in [5, 5.41) is 2.82. The number of nitrogens with one attached hydrogen (secondary N) is 1. The Balaban J connectivity index is 1.94. The van der Waals surface area contributed by atoms with Gasteiger partial charge < -0.3 is 14.5 Å². The van der Waals surface area contributed by atoms with Crippen molar-refractivity contribution in [2.45, 2.75) is 13.8 Å². The van der Waals surface area contributed by atoms with Crippen molar-refractivity contribution in [2.24, 2.45) is 5.92 Å². The van der Waals surface area contributed by atoms with Crippen LogP contribution in [0.25, 0.3) is 22.6 Å². The average molecular weight is 339 g/mol. The van der Waals surface area contributed by atoms with Gasteiger partial charge in [0.1, 0.15) is 11.2 Å². The van der Waals surface area contributed by atoms with Crippen LogP contribution in [0.1, 0.15) is 24.3 Å². The summed E-state index contributed by atoms with van der Waals surface area (Å²) in [6.45, 7) is 3.65. The second-order valence-corrected chi connectivity index (χ2v) is 5.77. The Labute approximate surface area is 144 Å². The van der Waals surface area contributed by atoms with E-state index in [-0.39, 0.29) is 17.5 Å². The Morgan fingerprint density at radius 3 is 2.72 bits per heavy atom. The van der Waals surface area contributed by atoms with Crippen molar-refractivity contribution >= 4 is 28.7 Å². The van der Waals surface area contributed by atoms with Gasteiger partial charge >= 0.3 is 5.97 Å². The number of carbonyl (C=O) groups excluding carboxylic acids is 2. The molecule has 0 aliphatic heterocycles. The van der Waals surface area contributed by atoms with Crippen LogP contribution in [-0.4, -0.2) is 29.0 Å². The number of anilines is 1. The van der Waals surface area contributed by atoms with Crippen LogP contribution in [0.2, 0.25) is 0 Å². The Morgan fingerprint density at radius 1 is 1.20 bits per heavy atom. The van der Waals surface area contributed by atoms with Gasteiger partial charge in [0, 0.05) is 23.4 Å². The Bertz CT molecular complexity index is 946. The molecule has 0 bridgehead atoms. The van der Waals surface area contributed by atoms with Crippen LogP contribution >= 0.6 is 0 Å². The molecule has 128 valence electrons. The highest BCUT2D eigenvalue weighted by atomic mass is 16.5. The van der Waals surface area contributed by atoms with Crippen molar-refractivity contribution < 1.29 is 18.7 Å². The molecule has 1 N–H and O–H groups in total. The van der Waals surface area contributed by atoms with E-state index < -0.39 is 5.97 Å². The summed E-state index contributed by atoms with van der Waals surface area (Å²) in [5.74, 6) is -0.358. The first-order chi connectivity index (χ1) is 12.0. The van der Waals surface area contributed by atoms with E-state index in [1.54, 1.807) is 30.3 Å². The molecular weight excluding hydrogens is 322 g/mol. The van der Waals surface area contributed by atoms with Gasteiger partial charge in [-0.05, 0) is 30.3 Å². The Morgan fingerprint density at radius 2 is 2.00 bits per heavy atom. The molecule has 7 heteroatoms.